The second kappa shape index (κ2) is 3.98. The molecule has 5 heteroatoms. The van der Waals surface area contributed by atoms with E-state index in [1.807, 2.05) is 0 Å². The number of hydrogen-bond donors (Lipinski definition) is 3. The minimum Gasteiger partial charge on any atom is -0.480 e. The molecule has 3 N–H and O–H groups in total. The molecule has 0 rings (SSSR count). The van der Waals surface area contributed by atoms with E-state index >= 15 is 0 Å². The van der Waals surface area contributed by atoms with Gasteiger partial charge in [-0.25, -0.2) is 0 Å². The molecule has 1 atom stereocenters. The molecule has 9 heavy (non-hydrogen) atoms. The van der Waals surface area contributed by atoms with Gasteiger partial charge in [-0.3, -0.25) is 4.79 Å². The third-order valence-electron chi connectivity index (χ3n) is 0.858. The van der Waals surface area contributed by atoms with Gasteiger partial charge in [0.1, 0.15) is 4.75 Å². The first-order chi connectivity index (χ1) is 3.50. The molecule has 0 spiro atoms. The molecule has 0 aromatic heterocycles. The van der Waals surface area contributed by atoms with E-state index in [-0.39, 0.29) is 19.0 Å². The van der Waals surface area contributed by atoms with Crippen molar-refractivity contribution in [1.82, 2.24) is 0 Å². The number of carboxylic acid groups (broad SMARTS) is 1. The second-order valence-electron chi connectivity index (χ2n) is 1.78. The molecule has 0 aliphatic carbocycles. The van der Waals surface area contributed by atoms with Gasteiger partial charge in [-0.05, 0) is 6.92 Å². The maximum absolute atomic E-state index is 10.1. The van der Waals surface area contributed by atoms with Gasteiger partial charge < -0.3 is 10.8 Å². The Morgan fingerprint density at radius 3 is 2.22 bits per heavy atom. The van der Waals surface area contributed by atoms with Crippen LogP contribution in [0.4, 0.5) is 0 Å². The Labute approximate surface area is 65.4 Å². The summed E-state index contributed by atoms with van der Waals surface area (Å²) in [4.78, 5) is 10.1. The van der Waals surface area contributed by atoms with Crippen molar-refractivity contribution in [2.75, 3.05) is 6.54 Å². The van der Waals surface area contributed by atoms with Crippen molar-refractivity contribution < 1.29 is 9.90 Å². The lowest BCUT2D eigenvalue weighted by Crippen LogP contribution is -2.36. The maximum Gasteiger partial charge on any atom is 0.320 e. The number of halogens is 1. The van der Waals surface area contributed by atoms with Crippen LogP contribution in [0.1, 0.15) is 6.92 Å². The molecule has 0 heterocycles. The fourth-order valence-electron chi connectivity index (χ4n) is 0.0873. The molecule has 0 saturated carbocycles. The molecular weight excluding hydrogens is 162 g/mol. The third-order valence-corrected chi connectivity index (χ3v) is 1.23. The summed E-state index contributed by atoms with van der Waals surface area (Å²) in [5.74, 6) is -0.983. The van der Waals surface area contributed by atoms with Gasteiger partial charge in [0.05, 0.1) is 0 Å². The van der Waals surface area contributed by atoms with Crippen molar-refractivity contribution >= 4 is 31.0 Å². The van der Waals surface area contributed by atoms with E-state index in [4.69, 9.17) is 10.8 Å². The summed E-state index contributed by atoms with van der Waals surface area (Å²) in [5.41, 5.74) is 5.05. The van der Waals surface area contributed by atoms with E-state index in [2.05, 4.69) is 12.6 Å². The van der Waals surface area contributed by atoms with Crippen molar-refractivity contribution in [2.45, 2.75) is 11.7 Å². The average molecular weight is 172 g/mol. The number of thiol groups is 1. The zero-order chi connectivity index (χ0) is 6.78. The highest BCUT2D eigenvalue weighted by Gasteiger charge is 2.25. The quantitative estimate of drug-likeness (QED) is 0.518. The number of carbonyl (C=O) groups is 1. The lowest BCUT2D eigenvalue weighted by molar-refractivity contribution is -0.139. The van der Waals surface area contributed by atoms with Gasteiger partial charge in [0, 0.05) is 6.54 Å². The van der Waals surface area contributed by atoms with Gasteiger partial charge >= 0.3 is 5.97 Å². The number of carboxylic acids is 1. The zero-order valence-corrected chi connectivity index (χ0v) is 6.71. The van der Waals surface area contributed by atoms with E-state index < -0.39 is 10.7 Å². The molecule has 0 aliphatic rings. The maximum atomic E-state index is 10.1. The van der Waals surface area contributed by atoms with E-state index in [0.717, 1.165) is 0 Å². The molecule has 0 radical (unpaired) electrons. The van der Waals surface area contributed by atoms with Crippen LogP contribution >= 0.6 is 25.0 Å². The van der Waals surface area contributed by atoms with Crippen molar-refractivity contribution in [2.24, 2.45) is 5.73 Å². The fraction of sp³-hybridized carbons (Fsp3) is 0.750. The van der Waals surface area contributed by atoms with Gasteiger partial charge in [0.15, 0.2) is 0 Å². The minimum atomic E-state index is -1.07. The molecule has 56 valence electrons. The largest absolute Gasteiger partial charge is 0.480 e. The number of nitrogens with two attached hydrogens (primary N) is 1. The zero-order valence-electron chi connectivity index (χ0n) is 5.00. The molecule has 0 aliphatic heterocycles. The van der Waals surface area contributed by atoms with Crippen molar-refractivity contribution in [3.8, 4) is 0 Å². The van der Waals surface area contributed by atoms with Gasteiger partial charge in [-0.1, -0.05) is 0 Å². The summed E-state index contributed by atoms with van der Waals surface area (Å²) in [6, 6.07) is 0. The van der Waals surface area contributed by atoms with Crippen LogP contribution in [0, 0.1) is 0 Å². The van der Waals surface area contributed by atoms with Crippen LogP contribution in [-0.4, -0.2) is 22.4 Å². The first-order valence-electron chi connectivity index (χ1n) is 2.16. The lowest BCUT2D eigenvalue weighted by atomic mass is 10.2. The highest BCUT2D eigenvalue weighted by Crippen LogP contribution is 2.09. The second-order valence-corrected chi connectivity index (χ2v) is 2.77. The molecule has 3 nitrogen and oxygen atoms in total. The Morgan fingerprint density at radius 2 is 2.22 bits per heavy atom. The summed E-state index contributed by atoms with van der Waals surface area (Å²) >= 11 is 3.76. The number of rotatable bonds is 2. The highest BCUT2D eigenvalue weighted by molar-refractivity contribution is 7.82. The van der Waals surface area contributed by atoms with Gasteiger partial charge in [0.2, 0.25) is 0 Å². The predicted molar refractivity (Wildman–Crippen MR) is 41.3 cm³/mol. The smallest absolute Gasteiger partial charge is 0.320 e. The molecule has 0 bridgehead atoms. The lowest BCUT2D eigenvalue weighted by Gasteiger charge is -2.13. The minimum absolute atomic E-state index is 0. The molecule has 0 aromatic carbocycles. The van der Waals surface area contributed by atoms with E-state index in [9.17, 15) is 4.79 Å². The first-order valence-corrected chi connectivity index (χ1v) is 2.61. The average Bonchev–Trinajstić information content (AvgIpc) is 1.67. The molecule has 0 saturated heterocycles. The van der Waals surface area contributed by atoms with Gasteiger partial charge in [-0.2, -0.15) is 12.6 Å². The molecule has 0 aromatic rings. The van der Waals surface area contributed by atoms with Crippen LogP contribution in [0.5, 0.6) is 0 Å². The Hall–Kier alpha value is 0.0700. The van der Waals surface area contributed by atoms with Crippen LogP contribution in [0.25, 0.3) is 0 Å². The number of hydrogen-bond acceptors (Lipinski definition) is 3. The van der Waals surface area contributed by atoms with Crippen LogP contribution < -0.4 is 5.73 Å². The molecule has 0 amide bonds. The monoisotopic (exact) mass is 171 g/mol. The standard InChI is InChI=1S/C4H9NO2S.ClH/c1-4(8,2-5)3(6)7;/h8H,2,5H2,1H3,(H,6,7);1H/t4-;/m0./s1. The van der Waals surface area contributed by atoms with Crippen LogP contribution in [0.3, 0.4) is 0 Å². The van der Waals surface area contributed by atoms with Crippen molar-refractivity contribution in [1.29, 1.82) is 0 Å². The normalized spacial score (nSPS) is 15.4. The molecule has 0 fully saturated rings. The Morgan fingerprint density at radius 1 is 1.89 bits per heavy atom. The predicted octanol–water partition coefficient (Wildman–Crippen LogP) is 0.140. The summed E-state index contributed by atoms with van der Waals surface area (Å²) < 4.78 is -1.07. The van der Waals surface area contributed by atoms with E-state index in [1.165, 1.54) is 6.92 Å². The fourth-order valence-corrected chi connectivity index (χ4v) is 0.0873. The Kier molecular flexibility index (Phi) is 5.22. The summed E-state index contributed by atoms with van der Waals surface area (Å²) in [7, 11) is 0. The van der Waals surface area contributed by atoms with Crippen LogP contribution in [0.15, 0.2) is 0 Å². The van der Waals surface area contributed by atoms with Gasteiger partial charge in [0.25, 0.3) is 0 Å². The van der Waals surface area contributed by atoms with E-state index in [0.29, 0.717) is 0 Å². The SMILES string of the molecule is C[C@](S)(CN)C(=O)O.Cl. The van der Waals surface area contributed by atoms with Crippen LogP contribution in [-0.2, 0) is 4.79 Å². The molecule has 0 unspecified atom stereocenters. The third kappa shape index (κ3) is 3.61. The molecular formula is C4H10ClNO2S. The van der Waals surface area contributed by atoms with Crippen molar-refractivity contribution in [3.63, 3.8) is 0 Å². The van der Waals surface area contributed by atoms with Gasteiger partial charge in [-0.15, -0.1) is 12.4 Å². The first kappa shape index (κ1) is 11.8. The van der Waals surface area contributed by atoms with E-state index in [1.54, 1.807) is 0 Å². The number of aliphatic carboxylic acids is 1. The van der Waals surface area contributed by atoms with Crippen molar-refractivity contribution in [3.05, 3.63) is 0 Å². The van der Waals surface area contributed by atoms with Crippen LogP contribution in [0.2, 0.25) is 0 Å². The summed E-state index contributed by atoms with van der Waals surface area (Å²) in [5, 5.41) is 8.28. The highest BCUT2D eigenvalue weighted by atomic mass is 35.5. The topological polar surface area (TPSA) is 63.3 Å². The summed E-state index contributed by atoms with van der Waals surface area (Å²) in [6.45, 7) is 1.50. The summed E-state index contributed by atoms with van der Waals surface area (Å²) in [6.07, 6.45) is 0. The Bertz CT molecular complexity index is 107. The Balaban J connectivity index is 0.